The molecule has 5 rings (SSSR count). The van der Waals surface area contributed by atoms with Gasteiger partial charge in [-0.1, -0.05) is 30.3 Å². The number of anilines is 1. The van der Waals surface area contributed by atoms with E-state index in [-0.39, 0.29) is 6.04 Å². The van der Waals surface area contributed by atoms with Crippen molar-refractivity contribution in [1.82, 2.24) is 34.2 Å². The molecule has 4 heterocycles. The van der Waals surface area contributed by atoms with E-state index in [2.05, 4.69) is 55.3 Å². The van der Waals surface area contributed by atoms with E-state index in [4.69, 9.17) is 14.7 Å². The van der Waals surface area contributed by atoms with E-state index in [1.807, 2.05) is 30.3 Å². The third-order valence-corrected chi connectivity index (χ3v) is 6.08. The number of nitrogens with one attached hydrogen (secondary N) is 1. The molecule has 0 radical (unpaired) electrons. The van der Waals surface area contributed by atoms with Crippen LogP contribution >= 0.6 is 0 Å². The van der Waals surface area contributed by atoms with E-state index in [0.717, 1.165) is 55.3 Å². The predicted molar refractivity (Wildman–Crippen MR) is 127 cm³/mol. The lowest BCUT2D eigenvalue weighted by atomic mass is 10.2. The zero-order chi connectivity index (χ0) is 22.6. The second-order valence-electron chi connectivity index (χ2n) is 8.53. The fraction of sp³-hybridized carbons (Fsp3) is 0.417. The van der Waals surface area contributed by atoms with E-state index in [0.29, 0.717) is 13.2 Å². The van der Waals surface area contributed by atoms with Crippen LogP contribution < -0.4 is 5.32 Å². The number of nitrogens with zero attached hydrogens (tertiary/aromatic N) is 7. The van der Waals surface area contributed by atoms with Gasteiger partial charge in [-0.15, -0.1) is 0 Å². The SMILES string of the molecule is COCCNc1nc(C2CCCN2Cc2cnn(C)c2)nc2c1ncn2Cc1ccccc1. The summed E-state index contributed by atoms with van der Waals surface area (Å²) < 4.78 is 9.19. The van der Waals surface area contributed by atoms with E-state index in [1.165, 1.54) is 11.1 Å². The first-order valence-electron chi connectivity index (χ1n) is 11.4. The maximum Gasteiger partial charge on any atom is 0.166 e. The van der Waals surface area contributed by atoms with Gasteiger partial charge < -0.3 is 14.6 Å². The van der Waals surface area contributed by atoms with Crippen molar-refractivity contribution < 1.29 is 4.74 Å². The minimum absolute atomic E-state index is 0.164. The third-order valence-electron chi connectivity index (χ3n) is 6.08. The van der Waals surface area contributed by atoms with E-state index >= 15 is 0 Å². The summed E-state index contributed by atoms with van der Waals surface area (Å²) >= 11 is 0. The highest BCUT2D eigenvalue weighted by molar-refractivity contribution is 5.83. The second kappa shape index (κ2) is 9.68. The normalized spacial score (nSPS) is 16.6. The number of ether oxygens (including phenoxy) is 1. The maximum atomic E-state index is 5.23. The zero-order valence-electron chi connectivity index (χ0n) is 19.2. The van der Waals surface area contributed by atoms with Crippen LogP contribution in [-0.2, 0) is 24.9 Å². The van der Waals surface area contributed by atoms with Gasteiger partial charge in [0.15, 0.2) is 11.5 Å². The van der Waals surface area contributed by atoms with Gasteiger partial charge in [-0.25, -0.2) is 15.0 Å². The molecule has 1 atom stereocenters. The largest absolute Gasteiger partial charge is 0.383 e. The van der Waals surface area contributed by atoms with Crippen molar-refractivity contribution in [3.8, 4) is 0 Å². The smallest absolute Gasteiger partial charge is 0.166 e. The summed E-state index contributed by atoms with van der Waals surface area (Å²) in [6, 6.07) is 10.6. The average molecular weight is 447 g/mol. The Labute approximate surface area is 193 Å². The van der Waals surface area contributed by atoms with Crippen LogP contribution in [0.4, 0.5) is 5.82 Å². The van der Waals surface area contributed by atoms with Crippen LogP contribution in [0.1, 0.15) is 35.8 Å². The fourth-order valence-electron chi connectivity index (χ4n) is 4.50. The Morgan fingerprint density at radius 1 is 1.12 bits per heavy atom. The summed E-state index contributed by atoms with van der Waals surface area (Å²) in [4.78, 5) is 17.1. The molecule has 9 heteroatoms. The van der Waals surface area contributed by atoms with Crippen LogP contribution in [0.25, 0.3) is 11.2 Å². The van der Waals surface area contributed by atoms with Crippen LogP contribution in [0.15, 0.2) is 49.1 Å². The van der Waals surface area contributed by atoms with Crippen LogP contribution in [0.3, 0.4) is 0 Å². The monoisotopic (exact) mass is 446 g/mol. The summed E-state index contributed by atoms with van der Waals surface area (Å²) in [5.74, 6) is 1.62. The molecule has 1 unspecified atom stereocenters. The third kappa shape index (κ3) is 4.74. The highest BCUT2D eigenvalue weighted by Gasteiger charge is 2.30. The lowest BCUT2D eigenvalue weighted by Crippen LogP contribution is -2.25. The molecule has 0 saturated carbocycles. The summed E-state index contributed by atoms with van der Waals surface area (Å²) in [7, 11) is 3.65. The van der Waals surface area contributed by atoms with Crippen molar-refractivity contribution in [2.24, 2.45) is 7.05 Å². The number of likely N-dealkylation sites (tertiary alicyclic amines) is 1. The molecular formula is C24H30N8O. The first-order valence-corrected chi connectivity index (χ1v) is 11.4. The van der Waals surface area contributed by atoms with Crippen molar-refractivity contribution in [3.63, 3.8) is 0 Å². The average Bonchev–Trinajstić information content (AvgIpc) is 3.56. The van der Waals surface area contributed by atoms with Crippen molar-refractivity contribution in [2.75, 3.05) is 32.1 Å². The van der Waals surface area contributed by atoms with Gasteiger partial charge in [0.25, 0.3) is 0 Å². The Morgan fingerprint density at radius 2 is 2.00 bits per heavy atom. The molecule has 1 fully saturated rings. The molecule has 172 valence electrons. The first-order chi connectivity index (χ1) is 16.2. The molecule has 0 amide bonds. The molecule has 1 aliphatic heterocycles. The van der Waals surface area contributed by atoms with Gasteiger partial charge in [0.05, 0.1) is 31.7 Å². The summed E-state index contributed by atoms with van der Waals surface area (Å²) in [6.07, 6.45) is 8.04. The lowest BCUT2D eigenvalue weighted by molar-refractivity contribution is 0.210. The van der Waals surface area contributed by atoms with Gasteiger partial charge in [-0.05, 0) is 24.9 Å². The minimum Gasteiger partial charge on any atom is -0.383 e. The molecule has 4 aromatic rings. The number of rotatable bonds is 9. The summed E-state index contributed by atoms with van der Waals surface area (Å²) in [6.45, 7) is 3.85. The fourth-order valence-corrected chi connectivity index (χ4v) is 4.50. The molecule has 9 nitrogen and oxygen atoms in total. The topological polar surface area (TPSA) is 85.9 Å². The van der Waals surface area contributed by atoms with Gasteiger partial charge >= 0.3 is 0 Å². The van der Waals surface area contributed by atoms with Gasteiger partial charge in [0, 0.05) is 39.0 Å². The Bertz CT molecular complexity index is 1200. The highest BCUT2D eigenvalue weighted by atomic mass is 16.5. The quantitative estimate of drug-likeness (QED) is 0.396. The van der Waals surface area contributed by atoms with Crippen LogP contribution in [-0.4, -0.2) is 61.0 Å². The summed E-state index contributed by atoms with van der Waals surface area (Å²) in [5.41, 5.74) is 4.07. The number of aryl methyl sites for hydroxylation is 1. The molecule has 33 heavy (non-hydrogen) atoms. The molecule has 0 bridgehead atoms. The molecule has 3 aromatic heterocycles. The van der Waals surface area contributed by atoms with E-state index < -0.39 is 0 Å². The van der Waals surface area contributed by atoms with E-state index in [1.54, 1.807) is 7.11 Å². The number of methoxy groups -OCH3 is 1. The molecule has 1 N–H and O–H groups in total. The molecule has 1 aromatic carbocycles. The van der Waals surface area contributed by atoms with Gasteiger partial charge in [0.1, 0.15) is 11.3 Å². The lowest BCUT2D eigenvalue weighted by Gasteiger charge is -2.23. The summed E-state index contributed by atoms with van der Waals surface area (Å²) in [5, 5.41) is 7.74. The van der Waals surface area contributed by atoms with Crippen LogP contribution in [0.5, 0.6) is 0 Å². The Balaban J connectivity index is 1.49. The molecule has 1 saturated heterocycles. The number of hydrogen-bond acceptors (Lipinski definition) is 7. The number of aromatic nitrogens is 6. The Hall–Kier alpha value is -3.30. The number of benzene rings is 1. The zero-order valence-corrected chi connectivity index (χ0v) is 19.2. The van der Waals surface area contributed by atoms with Crippen molar-refractivity contribution in [1.29, 1.82) is 0 Å². The Morgan fingerprint density at radius 3 is 2.79 bits per heavy atom. The molecular weight excluding hydrogens is 416 g/mol. The predicted octanol–water partition coefficient (Wildman–Crippen LogP) is 3.00. The van der Waals surface area contributed by atoms with Crippen molar-refractivity contribution >= 4 is 17.0 Å². The Kier molecular flexibility index (Phi) is 6.32. The molecule has 1 aliphatic rings. The van der Waals surface area contributed by atoms with Crippen LogP contribution in [0, 0.1) is 0 Å². The maximum absolute atomic E-state index is 5.23. The van der Waals surface area contributed by atoms with Gasteiger partial charge in [0.2, 0.25) is 0 Å². The van der Waals surface area contributed by atoms with Gasteiger partial charge in [-0.2, -0.15) is 5.10 Å². The van der Waals surface area contributed by atoms with Crippen LogP contribution in [0.2, 0.25) is 0 Å². The highest BCUT2D eigenvalue weighted by Crippen LogP contribution is 2.33. The van der Waals surface area contributed by atoms with E-state index in [9.17, 15) is 0 Å². The number of imidazole rings is 1. The number of fused-ring (bicyclic) bond motifs is 1. The standard InChI is InChI=1S/C24H30N8O/c1-30-14-19(13-27-30)16-31-11-6-9-20(31)22-28-23(25-10-12-33-2)21-24(29-22)32(17-26-21)15-18-7-4-3-5-8-18/h3-5,7-8,13-14,17,20H,6,9-12,15-16H2,1-2H3,(H,25,28,29). The van der Waals surface area contributed by atoms with Gasteiger partial charge in [-0.3, -0.25) is 9.58 Å². The minimum atomic E-state index is 0.164. The van der Waals surface area contributed by atoms with Crippen molar-refractivity contribution in [2.45, 2.75) is 32.0 Å². The molecule has 0 spiro atoms. The van der Waals surface area contributed by atoms with Crippen molar-refractivity contribution in [3.05, 3.63) is 66.0 Å². The number of hydrogen-bond donors (Lipinski definition) is 1. The molecule has 0 aliphatic carbocycles. The second-order valence-corrected chi connectivity index (χ2v) is 8.53. The first kappa shape index (κ1) is 21.5.